The normalized spacial score (nSPS) is 9.62. The average Bonchev–Trinajstić information content (AvgIpc) is 2.27. The number of hydrogen-bond acceptors (Lipinski definition) is 4. The molecule has 0 aliphatic rings. The Bertz CT molecular complexity index is 390. The lowest BCUT2D eigenvalue weighted by molar-refractivity contribution is -0.145. The fourth-order valence-electron chi connectivity index (χ4n) is 1.04. The molecule has 1 rings (SSSR count). The van der Waals surface area contributed by atoms with Crippen molar-refractivity contribution in [3.05, 3.63) is 29.6 Å². The first-order valence-electron chi connectivity index (χ1n) is 4.70. The van der Waals surface area contributed by atoms with Crippen molar-refractivity contribution in [3.8, 4) is 5.75 Å². The van der Waals surface area contributed by atoms with E-state index in [0.29, 0.717) is 6.29 Å². The minimum atomic E-state index is -0.684. The minimum Gasteiger partial charge on any atom is -0.482 e. The fourth-order valence-corrected chi connectivity index (χ4v) is 1.04. The lowest BCUT2D eigenvalue weighted by atomic mass is 10.2. The molecule has 0 saturated carbocycles. The lowest BCUT2D eigenvalue weighted by Gasteiger charge is -2.06. The van der Waals surface area contributed by atoms with Crippen molar-refractivity contribution in [2.75, 3.05) is 13.2 Å². The molecule has 86 valence electrons. The van der Waals surface area contributed by atoms with Gasteiger partial charge in [0.15, 0.2) is 12.9 Å². The van der Waals surface area contributed by atoms with E-state index in [2.05, 4.69) is 4.74 Å². The van der Waals surface area contributed by atoms with Crippen LogP contribution in [0.5, 0.6) is 5.75 Å². The molecular weight excluding hydrogens is 215 g/mol. The predicted octanol–water partition coefficient (Wildman–Crippen LogP) is 1.58. The highest BCUT2D eigenvalue weighted by Crippen LogP contribution is 2.15. The Balaban J connectivity index is 2.58. The molecule has 0 aliphatic heterocycles. The Morgan fingerprint density at radius 1 is 1.50 bits per heavy atom. The summed E-state index contributed by atoms with van der Waals surface area (Å²) in [5.74, 6) is -1.03. The summed E-state index contributed by atoms with van der Waals surface area (Å²) in [7, 11) is 0. The second-order valence-electron chi connectivity index (χ2n) is 2.89. The highest BCUT2D eigenvalue weighted by atomic mass is 19.1. The number of carbonyl (C=O) groups is 2. The van der Waals surface area contributed by atoms with Crippen molar-refractivity contribution in [3.63, 3.8) is 0 Å². The zero-order chi connectivity index (χ0) is 12.0. The zero-order valence-corrected chi connectivity index (χ0v) is 8.73. The van der Waals surface area contributed by atoms with Gasteiger partial charge < -0.3 is 9.47 Å². The molecule has 4 nitrogen and oxygen atoms in total. The van der Waals surface area contributed by atoms with Crippen LogP contribution in [-0.2, 0) is 9.53 Å². The molecule has 0 fully saturated rings. The van der Waals surface area contributed by atoms with Crippen LogP contribution in [0.4, 0.5) is 4.39 Å². The molecule has 16 heavy (non-hydrogen) atoms. The number of carbonyl (C=O) groups excluding carboxylic acids is 2. The molecule has 1 aromatic carbocycles. The van der Waals surface area contributed by atoms with E-state index in [1.54, 1.807) is 6.92 Å². The Morgan fingerprint density at radius 2 is 2.25 bits per heavy atom. The standard InChI is InChI=1S/C11H11FO4/c1-2-15-11(14)7-16-9-4-3-8(6-13)10(12)5-9/h3-6H,2,7H2,1H3. The van der Waals surface area contributed by atoms with Crippen molar-refractivity contribution in [1.82, 2.24) is 0 Å². The smallest absolute Gasteiger partial charge is 0.344 e. The van der Waals surface area contributed by atoms with Gasteiger partial charge in [0.2, 0.25) is 0 Å². The molecule has 0 aromatic heterocycles. The van der Waals surface area contributed by atoms with Crippen LogP contribution >= 0.6 is 0 Å². The number of hydrogen-bond donors (Lipinski definition) is 0. The molecule has 0 atom stereocenters. The Hall–Kier alpha value is -1.91. The summed E-state index contributed by atoms with van der Waals surface area (Å²) in [4.78, 5) is 21.3. The van der Waals surface area contributed by atoms with Crippen LogP contribution in [0.25, 0.3) is 0 Å². The summed E-state index contributed by atoms with van der Waals surface area (Å²) in [6, 6.07) is 3.73. The summed E-state index contributed by atoms with van der Waals surface area (Å²) >= 11 is 0. The molecule has 0 unspecified atom stereocenters. The first-order valence-corrected chi connectivity index (χ1v) is 4.70. The van der Waals surface area contributed by atoms with E-state index in [-0.39, 0.29) is 24.5 Å². The summed E-state index contributed by atoms with van der Waals surface area (Å²) in [5.41, 5.74) is -0.0523. The van der Waals surface area contributed by atoms with Crippen LogP contribution in [0.15, 0.2) is 18.2 Å². The second-order valence-corrected chi connectivity index (χ2v) is 2.89. The topological polar surface area (TPSA) is 52.6 Å². The summed E-state index contributed by atoms with van der Waals surface area (Å²) in [6.45, 7) is 1.66. The molecule has 0 aliphatic carbocycles. The van der Waals surface area contributed by atoms with Gasteiger partial charge in [0.05, 0.1) is 12.2 Å². The molecule has 0 saturated heterocycles. The van der Waals surface area contributed by atoms with Crippen LogP contribution in [0.1, 0.15) is 17.3 Å². The van der Waals surface area contributed by atoms with Crippen molar-refractivity contribution in [1.29, 1.82) is 0 Å². The Labute approximate surface area is 92.0 Å². The second kappa shape index (κ2) is 5.85. The molecule has 0 radical (unpaired) electrons. The van der Waals surface area contributed by atoms with Gasteiger partial charge in [-0.1, -0.05) is 0 Å². The Morgan fingerprint density at radius 3 is 2.81 bits per heavy atom. The van der Waals surface area contributed by atoms with Crippen LogP contribution < -0.4 is 4.74 Å². The van der Waals surface area contributed by atoms with Crippen LogP contribution in [0.3, 0.4) is 0 Å². The molecule has 0 N–H and O–H groups in total. The van der Waals surface area contributed by atoms with Crippen molar-refractivity contribution in [2.24, 2.45) is 0 Å². The summed E-state index contributed by atoms with van der Waals surface area (Å²) in [6.07, 6.45) is 0.407. The van der Waals surface area contributed by atoms with Crippen LogP contribution in [0, 0.1) is 5.82 Å². The van der Waals surface area contributed by atoms with Crippen molar-refractivity contribution >= 4 is 12.3 Å². The van der Waals surface area contributed by atoms with E-state index in [0.717, 1.165) is 6.07 Å². The number of halogens is 1. The van der Waals surface area contributed by atoms with Gasteiger partial charge in [-0.05, 0) is 19.1 Å². The number of aldehydes is 1. The van der Waals surface area contributed by atoms with E-state index in [9.17, 15) is 14.0 Å². The summed E-state index contributed by atoms with van der Waals surface area (Å²) < 4.78 is 22.7. The van der Waals surface area contributed by atoms with Gasteiger partial charge in [-0.25, -0.2) is 9.18 Å². The zero-order valence-electron chi connectivity index (χ0n) is 8.73. The molecule has 5 heteroatoms. The molecule has 1 aromatic rings. The van der Waals surface area contributed by atoms with Crippen molar-refractivity contribution in [2.45, 2.75) is 6.92 Å². The van der Waals surface area contributed by atoms with Gasteiger partial charge in [0, 0.05) is 6.07 Å². The number of esters is 1. The fraction of sp³-hybridized carbons (Fsp3) is 0.273. The van der Waals surface area contributed by atoms with E-state index in [1.807, 2.05) is 0 Å². The third kappa shape index (κ3) is 3.34. The third-order valence-corrected chi connectivity index (χ3v) is 1.76. The molecule has 0 spiro atoms. The van der Waals surface area contributed by atoms with Crippen molar-refractivity contribution < 1.29 is 23.5 Å². The maximum Gasteiger partial charge on any atom is 0.344 e. The molecule has 0 amide bonds. The van der Waals surface area contributed by atoms with Crippen LogP contribution in [-0.4, -0.2) is 25.5 Å². The van der Waals surface area contributed by atoms with E-state index in [4.69, 9.17) is 4.74 Å². The molecular formula is C11H11FO4. The van der Waals surface area contributed by atoms with Gasteiger partial charge >= 0.3 is 5.97 Å². The van der Waals surface area contributed by atoms with Gasteiger partial charge in [-0.2, -0.15) is 0 Å². The predicted molar refractivity (Wildman–Crippen MR) is 53.9 cm³/mol. The quantitative estimate of drug-likeness (QED) is 0.565. The maximum absolute atomic E-state index is 13.1. The first kappa shape index (κ1) is 12.2. The van der Waals surface area contributed by atoms with E-state index < -0.39 is 11.8 Å². The maximum atomic E-state index is 13.1. The highest BCUT2D eigenvalue weighted by molar-refractivity contribution is 5.75. The third-order valence-electron chi connectivity index (χ3n) is 1.76. The summed E-state index contributed by atoms with van der Waals surface area (Å²) in [5, 5.41) is 0. The van der Waals surface area contributed by atoms with E-state index in [1.165, 1.54) is 12.1 Å². The van der Waals surface area contributed by atoms with Crippen LogP contribution in [0.2, 0.25) is 0 Å². The van der Waals surface area contributed by atoms with Gasteiger partial charge in [0.25, 0.3) is 0 Å². The van der Waals surface area contributed by atoms with Gasteiger partial charge in [0.1, 0.15) is 11.6 Å². The first-order chi connectivity index (χ1) is 7.67. The van der Waals surface area contributed by atoms with Gasteiger partial charge in [-0.15, -0.1) is 0 Å². The minimum absolute atomic E-state index is 0.0523. The average molecular weight is 226 g/mol. The number of ether oxygens (including phenoxy) is 2. The Kier molecular flexibility index (Phi) is 4.44. The lowest BCUT2D eigenvalue weighted by Crippen LogP contribution is -2.14. The highest BCUT2D eigenvalue weighted by Gasteiger charge is 2.06. The number of rotatable bonds is 5. The van der Waals surface area contributed by atoms with Gasteiger partial charge in [-0.3, -0.25) is 4.79 Å². The SMILES string of the molecule is CCOC(=O)COc1ccc(C=O)c(F)c1. The molecule has 0 bridgehead atoms. The molecule has 0 heterocycles. The monoisotopic (exact) mass is 226 g/mol. The number of benzene rings is 1. The largest absolute Gasteiger partial charge is 0.482 e. The van der Waals surface area contributed by atoms with E-state index >= 15 is 0 Å².